The Morgan fingerprint density at radius 1 is 1.03 bits per heavy atom. The van der Waals surface area contributed by atoms with Crippen molar-refractivity contribution in [3.05, 3.63) is 83.8 Å². The van der Waals surface area contributed by atoms with E-state index in [2.05, 4.69) is 15.6 Å². The Morgan fingerprint density at radius 3 is 2.48 bits per heavy atom. The summed E-state index contributed by atoms with van der Waals surface area (Å²) in [6, 6.07) is 16.2. The number of nitrogens with one attached hydrogen (secondary N) is 2. The molecular weight excluding hydrogens is 373 g/mol. The van der Waals surface area contributed by atoms with Gasteiger partial charge in [-0.1, -0.05) is 24.3 Å². The van der Waals surface area contributed by atoms with Crippen molar-refractivity contribution in [2.24, 2.45) is 0 Å². The zero-order chi connectivity index (χ0) is 20.6. The first-order valence-electron chi connectivity index (χ1n) is 9.08. The van der Waals surface area contributed by atoms with Gasteiger partial charge in [-0.3, -0.25) is 4.79 Å². The van der Waals surface area contributed by atoms with Gasteiger partial charge in [0.2, 0.25) is 5.91 Å². The molecule has 0 fully saturated rings. The summed E-state index contributed by atoms with van der Waals surface area (Å²) in [7, 11) is 0. The lowest BCUT2D eigenvalue weighted by molar-refractivity contribution is -0.115. The first-order valence-corrected chi connectivity index (χ1v) is 9.08. The van der Waals surface area contributed by atoms with Crippen LogP contribution in [0.25, 0.3) is 0 Å². The summed E-state index contributed by atoms with van der Waals surface area (Å²) in [6.07, 6.45) is 1.67. The lowest BCUT2D eigenvalue weighted by Gasteiger charge is -2.11. The maximum absolute atomic E-state index is 12.9. The highest BCUT2D eigenvalue weighted by Gasteiger charge is 2.12. The number of anilines is 3. The van der Waals surface area contributed by atoms with E-state index in [0.717, 1.165) is 0 Å². The molecule has 0 radical (unpaired) electrons. The van der Waals surface area contributed by atoms with Crippen LogP contribution >= 0.6 is 0 Å². The summed E-state index contributed by atoms with van der Waals surface area (Å²) in [6.45, 7) is 2.04. The number of hydrogen-bond acceptors (Lipinski definition) is 5. The standard InChI is InChI=1S/C22H20FN3O3/c1-2-29-22(28)18-5-3-4-6-19(18)25-17-11-12-20(24-14-17)26-21(27)13-15-7-9-16(23)10-8-15/h3-12,14,25H,2,13H2,1H3,(H,24,26,27). The van der Waals surface area contributed by atoms with Gasteiger partial charge >= 0.3 is 5.97 Å². The monoisotopic (exact) mass is 393 g/mol. The third kappa shape index (κ3) is 5.62. The molecule has 0 unspecified atom stereocenters. The van der Waals surface area contributed by atoms with Crippen LogP contribution in [0.1, 0.15) is 22.8 Å². The van der Waals surface area contributed by atoms with Crippen molar-refractivity contribution < 1.29 is 18.7 Å². The maximum atomic E-state index is 12.9. The van der Waals surface area contributed by atoms with Crippen molar-refractivity contribution in [1.29, 1.82) is 0 Å². The normalized spacial score (nSPS) is 10.3. The molecule has 0 bridgehead atoms. The molecular formula is C22H20FN3O3. The van der Waals surface area contributed by atoms with Gasteiger partial charge in [-0.25, -0.2) is 14.2 Å². The van der Waals surface area contributed by atoms with E-state index in [1.165, 1.54) is 12.1 Å². The number of carbonyl (C=O) groups is 2. The van der Waals surface area contributed by atoms with Crippen molar-refractivity contribution in [3.8, 4) is 0 Å². The van der Waals surface area contributed by atoms with Crippen molar-refractivity contribution in [3.63, 3.8) is 0 Å². The summed E-state index contributed by atoms with van der Waals surface area (Å²) in [4.78, 5) is 28.4. The SMILES string of the molecule is CCOC(=O)c1ccccc1Nc1ccc(NC(=O)Cc2ccc(F)cc2)nc1. The van der Waals surface area contributed by atoms with Gasteiger partial charge in [-0.15, -0.1) is 0 Å². The lowest BCUT2D eigenvalue weighted by atomic mass is 10.1. The van der Waals surface area contributed by atoms with Crippen LogP contribution in [0, 0.1) is 5.82 Å². The number of hydrogen-bond donors (Lipinski definition) is 2. The lowest BCUT2D eigenvalue weighted by Crippen LogP contribution is -2.15. The second-order valence-electron chi connectivity index (χ2n) is 6.17. The summed E-state index contributed by atoms with van der Waals surface area (Å²) in [5.74, 6) is -0.615. The Bertz CT molecular complexity index is 989. The molecule has 1 aromatic heterocycles. The van der Waals surface area contributed by atoms with E-state index in [1.807, 2.05) is 6.07 Å². The van der Waals surface area contributed by atoms with E-state index >= 15 is 0 Å². The van der Waals surface area contributed by atoms with Crippen LogP contribution in [0.5, 0.6) is 0 Å². The Hall–Kier alpha value is -3.74. The second kappa shape index (κ2) is 9.45. The number of halogens is 1. The van der Waals surface area contributed by atoms with E-state index < -0.39 is 5.97 Å². The summed E-state index contributed by atoms with van der Waals surface area (Å²) >= 11 is 0. The molecule has 0 saturated carbocycles. The number of esters is 1. The second-order valence-corrected chi connectivity index (χ2v) is 6.17. The van der Waals surface area contributed by atoms with Crippen LogP contribution in [0.2, 0.25) is 0 Å². The van der Waals surface area contributed by atoms with E-state index in [4.69, 9.17) is 4.74 Å². The highest BCUT2D eigenvalue weighted by Crippen LogP contribution is 2.22. The smallest absolute Gasteiger partial charge is 0.340 e. The largest absolute Gasteiger partial charge is 0.462 e. The molecule has 0 atom stereocenters. The molecule has 2 aromatic carbocycles. The van der Waals surface area contributed by atoms with E-state index in [1.54, 1.807) is 55.6 Å². The number of nitrogens with zero attached hydrogens (tertiary/aromatic N) is 1. The van der Waals surface area contributed by atoms with Crippen LogP contribution < -0.4 is 10.6 Å². The van der Waals surface area contributed by atoms with E-state index in [-0.39, 0.29) is 18.1 Å². The number of benzene rings is 2. The molecule has 148 valence electrons. The van der Waals surface area contributed by atoms with Crippen LogP contribution in [-0.4, -0.2) is 23.5 Å². The molecule has 1 amide bonds. The predicted octanol–water partition coefficient (Wildman–Crippen LogP) is 4.32. The fourth-order valence-corrected chi connectivity index (χ4v) is 2.65. The topological polar surface area (TPSA) is 80.3 Å². The van der Waals surface area contributed by atoms with Crippen molar-refractivity contribution in [1.82, 2.24) is 4.98 Å². The zero-order valence-electron chi connectivity index (χ0n) is 15.8. The van der Waals surface area contributed by atoms with E-state index in [0.29, 0.717) is 34.9 Å². The number of ether oxygens (including phenoxy) is 1. The Kier molecular flexibility index (Phi) is 6.52. The molecule has 6 nitrogen and oxygen atoms in total. The summed E-state index contributed by atoms with van der Waals surface area (Å²) < 4.78 is 18.0. The molecule has 0 aliphatic carbocycles. The van der Waals surface area contributed by atoms with E-state index in [9.17, 15) is 14.0 Å². The molecule has 7 heteroatoms. The Labute approximate surface area is 167 Å². The number of rotatable bonds is 7. The molecule has 0 aliphatic heterocycles. The molecule has 3 aromatic rings. The van der Waals surface area contributed by atoms with Gasteiger partial charge in [-0.05, 0) is 48.9 Å². The maximum Gasteiger partial charge on any atom is 0.340 e. The quantitative estimate of drug-likeness (QED) is 0.584. The summed E-state index contributed by atoms with van der Waals surface area (Å²) in [5, 5.41) is 5.82. The minimum Gasteiger partial charge on any atom is -0.462 e. The van der Waals surface area contributed by atoms with Crippen LogP contribution in [0.3, 0.4) is 0 Å². The van der Waals surface area contributed by atoms with Crippen LogP contribution in [0.4, 0.5) is 21.6 Å². The van der Waals surface area contributed by atoms with Crippen LogP contribution in [0.15, 0.2) is 66.9 Å². The van der Waals surface area contributed by atoms with Crippen molar-refractivity contribution >= 4 is 29.1 Å². The number of para-hydroxylation sites is 1. The highest BCUT2D eigenvalue weighted by atomic mass is 19.1. The number of aromatic nitrogens is 1. The minimum atomic E-state index is -0.409. The molecule has 1 heterocycles. The first kappa shape index (κ1) is 20.0. The fourth-order valence-electron chi connectivity index (χ4n) is 2.65. The van der Waals surface area contributed by atoms with Gasteiger partial charge in [0, 0.05) is 0 Å². The predicted molar refractivity (Wildman–Crippen MR) is 109 cm³/mol. The van der Waals surface area contributed by atoms with Gasteiger partial charge in [0.1, 0.15) is 11.6 Å². The molecule has 29 heavy (non-hydrogen) atoms. The zero-order valence-corrected chi connectivity index (χ0v) is 15.8. The third-order valence-corrected chi connectivity index (χ3v) is 4.01. The summed E-state index contributed by atoms with van der Waals surface area (Å²) in [5.41, 5.74) is 2.38. The van der Waals surface area contributed by atoms with Crippen molar-refractivity contribution in [2.45, 2.75) is 13.3 Å². The number of amides is 1. The average Bonchev–Trinajstić information content (AvgIpc) is 2.72. The van der Waals surface area contributed by atoms with Gasteiger partial charge in [-0.2, -0.15) is 0 Å². The molecule has 0 aliphatic rings. The fraction of sp³-hybridized carbons (Fsp3) is 0.136. The highest BCUT2D eigenvalue weighted by molar-refractivity contribution is 5.96. The third-order valence-electron chi connectivity index (χ3n) is 4.01. The van der Waals surface area contributed by atoms with Crippen LogP contribution in [-0.2, 0) is 16.0 Å². The Balaban J connectivity index is 1.63. The molecule has 0 spiro atoms. The van der Waals surface area contributed by atoms with Crippen molar-refractivity contribution in [2.75, 3.05) is 17.2 Å². The molecule has 3 rings (SSSR count). The van der Waals surface area contributed by atoms with Gasteiger partial charge in [0.05, 0.1) is 36.2 Å². The first-order chi connectivity index (χ1) is 14.0. The minimum absolute atomic E-state index is 0.120. The van der Waals surface area contributed by atoms with Gasteiger partial charge in [0.15, 0.2) is 0 Å². The average molecular weight is 393 g/mol. The molecule has 0 saturated heterocycles. The molecule has 2 N–H and O–H groups in total. The van der Waals surface area contributed by atoms with Gasteiger partial charge in [0.25, 0.3) is 0 Å². The number of pyridine rings is 1. The number of carbonyl (C=O) groups excluding carboxylic acids is 2. The van der Waals surface area contributed by atoms with Gasteiger partial charge < -0.3 is 15.4 Å². The Morgan fingerprint density at radius 2 is 1.79 bits per heavy atom.